The quantitative estimate of drug-likeness (QED) is 0.225. The summed E-state index contributed by atoms with van der Waals surface area (Å²) in [7, 11) is 0. The Hall–Kier alpha value is -3.56. The fourth-order valence-electron chi connectivity index (χ4n) is 5.69. The van der Waals surface area contributed by atoms with E-state index in [4.69, 9.17) is 9.47 Å². The molecule has 43 heavy (non-hydrogen) atoms. The molecule has 1 N–H and O–H groups in total. The Kier molecular flexibility index (Phi) is 11.6. The standard InChI is InChI=1S/C36H42O3.C4H10/c1-23-17-30(18-24(2)34(23)36(6,7)8)27(5)31-19-25(3)35(26(4)20-31)38-22-29-11-15-33(16-12-29)39-32-13-9-28(21-37)10-14-32;1-4(2)3/h9-20,27,37H,21-22H2,1-8H3;4H,1-3H3. The molecule has 4 aromatic rings. The predicted octanol–water partition coefficient (Wildman–Crippen LogP) is 10.9. The minimum Gasteiger partial charge on any atom is -0.488 e. The fourth-order valence-corrected chi connectivity index (χ4v) is 5.69. The molecule has 0 radical (unpaired) electrons. The van der Waals surface area contributed by atoms with Crippen LogP contribution < -0.4 is 9.47 Å². The molecule has 0 saturated carbocycles. The number of rotatable bonds is 8. The van der Waals surface area contributed by atoms with Crippen molar-refractivity contribution >= 4 is 0 Å². The first-order chi connectivity index (χ1) is 20.2. The average molecular weight is 581 g/mol. The molecule has 230 valence electrons. The average Bonchev–Trinajstić information content (AvgIpc) is 2.92. The summed E-state index contributed by atoms with van der Waals surface area (Å²) in [6, 6.07) is 24.7. The Morgan fingerprint density at radius 2 is 1.02 bits per heavy atom. The molecule has 3 nitrogen and oxygen atoms in total. The van der Waals surface area contributed by atoms with E-state index >= 15 is 0 Å². The van der Waals surface area contributed by atoms with Gasteiger partial charge in [-0.05, 0) is 113 Å². The first kappa shape index (κ1) is 33.9. The molecule has 0 aliphatic carbocycles. The molecule has 0 heterocycles. The largest absolute Gasteiger partial charge is 0.488 e. The van der Waals surface area contributed by atoms with E-state index in [1.54, 1.807) is 0 Å². The molecular formula is C40H52O3. The lowest BCUT2D eigenvalue weighted by Gasteiger charge is -2.26. The summed E-state index contributed by atoms with van der Waals surface area (Å²) in [5, 5.41) is 9.20. The summed E-state index contributed by atoms with van der Waals surface area (Å²) in [6.45, 7) is 24.9. The molecule has 0 aliphatic heterocycles. The maximum Gasteiger partial charge on any atom is 0.127 e. The summed E-state index contributed by atoms with van der Waals surface area (Å²) < 4.78 is 12.2. The van der Waals surface area contributed by atoms with Crippen LogP contribution in [0.2, 0.25) is 0 Å². The molecule has 4 rings (SSSR count). The molecule has 1 atom stereocenters. The fraction of sp³-hybridized carbons (Fsp3) is 0.400. The van der Waals surface area contributed by atoms with Crippen molar-refractivity contribution in [1.82, 2.24) is 0 Å². The van der Waals surface area contributed by atoms with E-state index in [0.29, 0.717) is 12.5 Å². The second kappa shape index (κ2) is 14.8. The van der Waals surface area contributed by atoms with Crippen molar-refractivity contribution in [2.45, 2.75) is 101 Å². The van der Waals surface area contributed by atoms with Crippen LogP contribution in [0, 0.1) is 33.6 Å². The Bertz CT molecular complexity index is 1420. The Balaban J connectivity index is 0.00000119. The van der Waals surface area contributed by atoms with Crippen molar-refractivity contribution in [3.05, 3.63) is 123 Å². The second-order valence-corrected chi connectivity index (χ2v) is 13.6. The predicted molar refractivity (Wildman–Crippen MR) is 182 cm³/mol. The summed E-state index contributed by atoms with van der Waals surface area (Å²) in [4.78, 5) is 0. The number of ether oxygens (including phenoxy) is 2. The molecule has 0 aliphatic rings. The minimum absolute atomic E-state index is 0.0283. The van der Waals surface area contributed by atoms with Gasteiger partial charge in [0, 0.05) is 5.92 Å². The first-order valence-corrected chi connectivity index (χ1v) is 15.5. The topological polar surface area (TPSA) is 38.7 Å². The van der Waals surface area contributed by atoms with Crippen LogP contribution in [0.1, 0.15) is 104 Å². The molecule has 0 saturated heterocycles. The van der Waals surface area contributed by atoms with E-state index in [-0.39, 0.29) is 12.0 Å². The Morgan fingerprint density at radius 3 is 1.42 bits per heavy atom. The van der Waals surface area contributed by atoms with Crippen molar-refractivity contribution in [2.24, 2.45) is 5.92 Å². The zero-order valence-electron chi connectivity index (χ0n) is 28.3. The van der Waals surface area contributed by atoms with Crippen molar-refractivity contribution in [3.8, 4) is 17.2 Å². The number of aliphatic hydroxyl groups is 1. The molecule has 0 amide bonds. The molecule has 3 heteroatoms. The molecule has 1 unspecified atom stereocenters. The van der Waals surface area contributed by atoms with Crippen LogP contribution in [-0.4, -0.2) is 5.11 Å². The van der Waals surface area contributed by atoms with Crippen molar-refractivity contribution in [2.75, 3.05) is 0 Å². The normalized spacial score (nSPS) is 12.0. The number of hydrogen-bond donors (Lipinski definition) is 1. The highest BCUT2D eigenvalue weighted by atomic mass is 16.5. The third-order valence-corrected chi connectivity index (χ3v) is 7.44. The monoisotopic (exact) mass is 580 g/mol. The third-order valence-electron chi connectivity index (χ3n) is 7.44. The molecule has 0 aromatic heterocycles. The van der Waals surface area contributed by atoms with E-state index in [1.807, 2.05) is 48.5 Å². The minimum atomic E-state index is 0.0283. The van der Waals surface area contributed by atoms with E-state index in [2.05, 4.69) is 100 Å². The summed E-state index contributed by atoms with van der Waals surface area (Å²) >= 11 is 0. The van der Waals surface area contributed by atoms with Crippen LogP contribution in [0.5, 0.6) is 17.2 Å². The van der Waals surface area contributed by atoms with Crippen LogP contribution in [0.3, 0.4) is 0 Å². The second-order valence-electron chi connectivity index (χ2n) is 13.6. The summed E-state index contributed by atoms with van der Waals surface area (Å²) in [5.41, 5.74) is 11.3. The lowest BCUT2D eigenvalue weighted by atomic mass is 9.79. The van der Waals surface area contributed by atoms with Crippen molar-refractivity contribution in [1.29, 1.82) is 0 Å². The van der Waals surface area contributed by atoms with Crippen LogP contribution in [0.4, 0.5) is 0 Å². The van der Waals surface area contributed by atoms with Gasteiger partial charge in [-0.2, -0.15) is 0 Å². The highest BCUT2D eigenvalue weighted by Crippen LogP contribution is 2.36. The van der Waals surface area contributed by atoms with E-state index in [9.17, 15) is 5.11 Å². The number of aliphatic hydroxyl groups excluding tert-OH is 1. The SMILES string of the molecule is CC(C)C.Cc1cc(C(C)c2cc(C)c(C(C)(C)C)c(C)c2)cc(C)c1OCc1ccc(Oc2ccc(CO)cc2)cc1. The molecule has 0 spiro atoms. The van der Waals surface area contributed by atoms with Gasteiger partial charge in [-0.15, -0.1) is 0 Å². The van der Waals surface area contributed by atoms with Gasteiger partial charge in [-0.1, -0.05) is 97.0 Å². The highest BCUT2D eigenvalue weighted by molar-refractivity contribution is 5.49. The molecule has 0 fully saturated rings. The van der Waals surface area contributed by atoms with Gasteiger partial charge < -0.3 is 14.6 Å². The Morgan fingerprint density at radius 1 is 0.628 bits per heavy atom. The molecular weight excluding hydrogens is 528 g/mol. The van der Waals surface area contributed by atoms with Crippen molar-refractivity contribution in [3.63, 3.8) is 0 Å². The number of benzene rings is 4. The lowest BCUT2D eigenvalue weighted by Crippen LogP contribution is -2.16. The Labute approximate surface area is 260 Å². The number of aryl methyl sites for hydroxylation is 4. The van der Waals surface area contributed by atoms with Gasteiger partial charge >= 0.3 is 0 Å². The number of hydrogen-bond acceptors (Lipinski definition) is 3. The maximum absolute atomic E-state index is 9.20. The maximum atomic E-state index is 9.20. The summed E-state index contributed by atoms with van der Waals surface area (Å²) in [5.74, 6) is 3.59. The lowest BCUT2D eigenvalue weighted by molar-refractivity contribution is 0.281. The van der Waals surface area contributed by atoms with Crippen LogP contribution in [0.15, 0.2) is 72.8 Å². The van der Waals surface area contributed by atoms with Crippen LogP contribution in [-0.2, 0) is 18.6 Å². The van der Waals surface area contributed by atoms with Gasteiger partial charge in [-0.3, -0.25) is 0 Å². The summed E-state index contributed by atoms with van der Waals surface area (Å²) in [6.07, 6.45) is 0. The van der Waals surface area contributed by atoms with Crippen LogP contribution in [0.25, 0.3) is 0 Å². The van der Waals surface area contributed by atoms with E-state index < -0.39 is 0 Å². The van der Waals surface area contributed by atoms with Gasteiger partial charge in [0.15, 0.2) is 0 Å². The van der Waals surface area contributed by atoms with Crippen molar-refractivity contribution < 1.29 is 14.6 Å². The molecule has 0 bridgehead atoms. The smallest absolute Gasteiger partial charge is 0.127 e. The van der Waals surface area contributed by atoms with Gasteiger partial charge in [0.05, 0.1) is 6.61 Å². The van der Waals surface area contributed by atoms with E-state index in [1.165, 1.54) is 27.8 Å². The van der Waals surface area contributed by atoms with Gasteiger partial charge in [0.25, 0.3) is 0 Å². The first-order valence-electron chi connectivity index (χ1n) is 15.5. The molecule has 4 aromatic carbocycles. The van der Waals surface area contributed by atoms with Gasteiger partial charge in [-0.25, -0.2) is 0 Å². The highest BCUT2D eigenvalue weighted by Gasteiger charge is 2.21. The van der Waals surface area contributed by atoms with E-state index in [0.717, 1.165) is 45.4 Å². The van der Waals surface area contributed by atoms with Crippen LogP contribution >= 0.6 is 0 Å². The zero-order valence-corrected chi connectivity index (χ0v) is 28.3. The zero-order chi connectivity index (χ0) is 31.9. The van der Waals surface area contributed by atoms with Gasteiger partial charge in [0.1, 0.15) is 23.9 Å². The van der Waals surface area contributed by atoms with Gasteiger partial charge in [0.2, 0.25) is 0 Å². The third kappa shape index (κ3) is 9.46.